The van der Waals surface area contributed by atoms with Crippen molar-refractivity contribution in [3.05, 3.63) is 46.7 Å². The lowest BCUT2D eigenvalue weighted by Gasteiger charge is -2.17. The van der Waals surface area contributed by atoms with Crippen molar-refractivity contribution < 1.29 is 0 Å². The van der Waals surface area contributed by atoms with Crippen molar-refractivity contribution in [1.82, 2.24) is 9.97 Å². The van der Waals surface area contributed by atoms with Crippen LogP contribution in [0.25, 0.3) is 0 Å². The molecule has 0 bridgehead atoms. The molecule has 1 unspecified atom stereocenters. The predicted molar refractivity (Wildman–Crippen MR) is 79.6 cm³/mol. The van der Waals surface area contributed by atoms with E-state index in [1.807, 2.05) is 0 Å². The van der Waals surface area contributed by atoms with E-state index in [1.165, 1.54) is 11.3 Å². The van der Waals surface area contributed by atoms with Crippen LogP contribution in [0, 0.1) is 0 Å². The summed E-state index contributed by atoms with van der Waals surface area (Å²) in [5.74, 6) is 1.21. The van der Waals surface area contributed by atoms with Gasteiger partial charge in [-0.2, -0.15) is 0 Å². The number of benzene rings is 1. The molecular formula is C14H15BrN4. The number of halogens is 1. The first-order chi connectivity index (χ1) is 9.29. The number of para-hydroxylation sites is 1. The fraction of sp³-hybridized carbons (Fsp3) is 0.286. The number of fused-ring (bicyclic) bond motifs is 1. The summed E-state index contributed by atoms with van der Waals surface area (Å²) >= 11 is 3.36. The molecule has 0 amide bonds. The van der Waals surface area contributed by atoms with Crippen LogP contribution >= 0.6 is 15.9 Å². The number of anilines is 2. The monoisotopic (exact) mass is 318 g/mol. The molecule has 2 N–H and O–H groups in total. The van der Waals surface area contributed by atoms with E-state index in [1.54, 1.807) is 12.4 Å². The molecule has 1 aromatic carbocycles. The summed E-state index contributed by atoms with van der Waals surface area (Å²) in [6.45, 7) is 1.60. The van der Waals surface area contributed by atoms with Crippen LogP contribution in [0.15, 0.2) is 41.1 Å². The van der Waals surface area contributed by atoms with Gasteiger partial charge in [0.15, 0.2) is 0 Å². The van der Waals surface area contributed by atoms with Crippen molar-refractivity contribution >= 4 is 27.6 Å². The molecule has 98 valence electrons. The van der Waals surface area contributed by atoms with Gasteiger partial charge in [-0.05, 0) is 40.5 Å². The van der Waals surface area contributed by atoms with E-state index in [-0.39, 0.29) is 0 Å². The van der Waals surface area contributed by atoms with Crippen molar-refractivity contribution in [2.75, 3.05) is 18.0 Å². The van der Waals surface area contributed by atoms with Crippen LogP contribution in [-0.4, -0.2) is 23.1 Å². The Morgan fingerprint density at radius 2 is 2.00 bits per heavy atom. The number of aromatic nitrogens is 2. The van der Waals surface area contributed by atoms with Crippen LogP contribution < -0.4 is 10.6 Å². The highest BCUT2D eigenvalue weighted by Gasteiger charge is 2.29. The third-order valence-corrected chi connectivity index (χ3v) is 3.84. The number of nitrogens with zero attached hydrogens (tertiary/aromatic N) is 3. The van der Waals surface area contributed by atoms with Crippen molar-refractivity contribution in [2.45, 2.75) is 12.3 Å². The van der Waals surface area contributed by atoms with Gasteiger partial charge in [0.05, 0.1) is 4.47 Å². The maximum atomic E-state index is 5.71. The first-order valence-corrected chi connectivity index (χ1v) is 7.13. The number of nitrogens with two attached hydrogens (primary N) is 1. The molecule has 0 fully saturated rings. The summed E-state index contributed by atoms with van der Waals surface area (Å²) in [4.78, 5) is 10.9. The Kier molecular flexibility index (Phi) is 3.48. The van der Waals surface area contributed by atoms with E-state index in [0.717, 1.165) is 23.4 Å². The summed E-state index contributed by atoms with van der Waals surface area (Å²) in [5.41, 5.74) is 8.26. The summed E-state index contributed by atoms with van der Waals surface area (Å²) in [6, 6.07) is 8.43. The van der Waals surface area contributed by atoms with Crippen LogP contribution in [-0.2, 0) is 0 Å². The summed E-state index contributed by atoms with van der Waals surface area (Å²) in [5, 5.41) is 0. The Morgan fingerprint density at radius 1 is 1.26 bits per heavy atom. The Bertz CT molecular complexity index is 570. The van der Waals surface area contributed by atoms with Gasteiger partial charge in [-0.1, -0.05) is 18.2 Å². The minimum atomic E-state index is 0.466. The molecule has 1 aliphatic rings. The van der Waals surface area contributed by atoms with Crippen LogP contribution in [0.2, 0.25) is 0 Å². The zero-order chi connectivity index (χ0) is 13.2. The van der Waals surface area contributed by atoms with Crippen LogP contribution in [0.5, 0.6) is 0 Å². The lowest BCUT2D eigenvalue weighted by molar-refractivity contribution is 0.665. The second-order valence-corrected chi connectivity index (χ2v) is 5.56. The fourth-order valence-electron chi connectivity index (χ4n) is 2.58. The van der Waals surface area contributed by atoms with Crippen LogP contribution in [0.1, 0.15) is 17.9 Å². The molecule has 1 aromatic heterocycles. The van der Waals surface area contributed by atoms with Gasteiger partial charge in [0, 0.05) is 30.5 Å². The second kappa shape index (κ2) is 5.27. The molecule has 1 aliphatic heterocycles. The molecule has 0 spiro atoms. The minimum Gasteiger partial charge on any atom is -0.330 e. The van der Waals surface area contributed by atoms with Gasteiger partial charge in [-0.3, -0.25) is 0 Å². The maximum absolute atomic E-state index is 5.71. The van der Waals surface area contributed by atoms with Gasteiger partial charge >= 0.3 is 0 Å². The molecule has 19 heavy (non-hydrogen) atoms. The molecular weight excluding hydrogens is 304 g/mol. The molecule has 3 rings (SSSR count). The van der Waals surface area contributed by atoms with Crippen LogP contribution in [0.4, 0.5) is 11.6 Å². The van der Waals surface area contributed by atoms with E-state index < -0.39 is 0 Å². The molecule has 1 atom stereocenters. The number of hydrogen-bond acceptors (Lipinski definition) is 4. The van der Waals surface area contributed by atoms with Crippen molar-refractivity contribution in [2.24, 2.45) is 5.73 Å². The third-order valence-electron chi connectivity index (χ3n) is 3.43. The zero-order valence-electron chi connectivity index (χ0n) is 10.5. The van der Waals surface area contributed by atoms with Gasteiger partial charge < -0.3 is 10.6 Å². The van der Waals surface area contributed by atoms with Gasteiger partial charge in [0.1, 0.15) is 0 Å². The minimum absolute atomic E-state index is 0.466. The molecule has 5 heteroatoms. The molecule has 0 saturated heterocycles. The molecule has 0 saturated carbocycles. The first-order valence-electron chi connectivity index (χ1n) is 6.33. The molecule has 0 radical (unpaired) electrons. The van der Waals surface area contributed by atoms with E-state index in [0.29, 0.717) is 12.5 Å². The topological polar surface area (TPSA) is 55.0 Å². The summed E-state index contributed by atoms with van der Waals surface area (Å²) in [7, 11) is 0. The van der Waals surface area contributed by atoms with E-state index in [4.69, 9.17) is 5.73 Å². The van der Waals surface area contributed by atoms with Gasteiger partial charge in [-0.25, -0.2) is 9.97 Å². The Labute approximate surface area is 120 Å². The quantitative estimate of drug-likeness (QED) is 0.945. The zero-order valence-corrected chi connectivity index (χ0v) is 12.0. The van der Waals surface area contributed by atoms with E-state index in [2.05, 4.69) is 55.1 Å². The lowest BCUT2D eigenvalue weighted by Crippen LogP contribution is -2.19. The fourth-order valence-corrected chi connectivity index (χ4v) is 2.78. The van der Waals surface area contributed by atoms with Crippen molar-refractivity contribution in [3.8, 4) is 0 Å². The molecule has 4 nitrogen and oxygen atoms in total. The SMILES string of the molecule is NCCC1CN(c2ncc(Br)cn2)c2ccccc21. The van der Waals surface area contributed by atoms with Gasteiger partial charge in [0.2, 0.25) is 5.95 Å². The van der Waals surface area contributed by atoms with E-state index in [9.17, 15) is 0 Å². The summed E-state index contributed by atoms with van der Waals surface area (Å²) in [6.07, 6.45) is 4.55. The van der Waals surface area contributed by atoms with Crippen molar-refractivity contribution in [1.29, 1.82) is 0 Å². The molecule has 0 aliphatic carbocycles. The van der Waals surface area contributed by atoms with Crippen LogP contribution in [0.3, 0.4) is 0 Å². The van der Waals surface area contributed by atoms with E-state index >= 15 is 0 Å². The summed E-state index contributed by atoms with van der Waals surface area (Å²) < 4.78 is 0.891. The highest BCUT2D eigenvalue weighted by molar-refractivity contribution is 9.10. The first kappa shape index (κ1) is 12.6. The third kappa shape index (κ3) is 2.35. The smallest absolute Gasteiger partial charge is 0.229 e. The van der Waals surface area contributed by atoms with Gasteiger partial charge in [-0.15, -0.1) is 0 Å². The Hall–Kier alpha value is -1.46. The molecule has 2 heterocycles. The Balaban J connectivity index is 1.98. The standard InChI is InChI=1S/C14H15BrN4/c15-11-7-17-14(18-8-11)19-9-10(5-6-16)12-3-1-2-4-13(12)19/h1-4,7-8,10H,5-6,9,16H2. The predicted octanol–water partition coefficient (Wildman–Crippen LogP) is 2.82. The number of hydrogen-bond donors (Lipinski definition) is 1. The lowest BCUT2D eigenvalue weighted by atomic mass is 9.98. The Morgan fingerprint density at radius 3 is 2.74 bits per heavy atom. The largest absolute Gasteiger partial charge is 0.330 e. The normalized spacial score (nSPS) is 17.6. The number of rotatable bonds is 3. The highest BCUT2D eigenvalue weighted by Crippen LogP contribution is 2.40. The highest BCUT2D eigenvalue weighted by atomic mass is 79.9. The maximum Gasteiger partial charge on any atom is 0.229 e. The average molecular weight is 319 g/mol. The van der Waals surface area contributed by atoms with Crippen molar-refractivity contribution in [3.63, 3.8) is 0 Å². The average Bonchev–Trinajstić information content (AvgIpc) is 2.80. The van der Waals surface area contributed by atoms with Gasteiger partial charge in [0.25, 0.3) is 0 Å². The molecule has 2 aromatic rings. The second-order valence-electron chi connectivity index (χ2n) is 4.64.